The molecule has 12 heteroatoms. The van der Waals surface area contributed by atoms with Gasteiger partial charge in [-0.15, -0.1) is 0 Å². The van der Waals surface area contributed by atoms with Crippen molar-refractivity contribution in [2.24, 2.45) is 11.5 Å². The highest BCUT2D eigenvalue weighted by Crippen LogP contribution is 2.28. The highest BCUT2D eigenvalue weighted by molar-refractivity contribution is 6.31. The Hall–Kier alpha value is -4.28. The van der Waals surface area contributed by atoms with Gasteiger partial charge < -0.3 is 22.1 Å². The average Bonchev–Trinajstić information content (AvgIpc) is 2.78. The topological polar surface area (TPSA) is 164 Å². The Labute approximate surface area is 211 Å². The van der Waals surface area contributed by atoms with Gasteiger partial charge in [0.1, 0.15) is 0 Å². The first-order chi connectivity index (χ1) is 16.6. The van der Waals surface area contributed by atoms with E-state index in [0.717, 1.165) is 9.80 Å². The predicted molar refractivity (Wildman–Crippen MR) is 141 cm³/mol. The number of nitrogens with two attached hydrogens (primary N) is 2. The molecule has 180 valence electrons. The largest absolute Gasteiger partial charge is 0.369 e. The smallest absolute Gasteiger partial charge is 0.333 e. The summed E-state index contributed by atoms with van der Waals surface area (Å²) in [6, 6.07) is 16.0. The molecule has 0 unspecified atom stereocenters. The van der Waals surface area contributed by atoms with Gasteiger partial charge in [0, 0.05) is 21.4 Å². The number of nitrogens with one attached hydrogen (secondary N) is 4. The van der Waals surface area contributed by atoms with Gasteiger partial charge in [0.25, 0.3) is 0 Å². The first-order valence-corrected chi connectivity index (χ1v) is 10.8. The number of hydrogen-bond acceptors (Lipinski definition) is 4. The minimum Gasteiger partial charge on any atom is -0.369 e. The normalized spacial score (nSPS) is 10.3. The molecule has 0 fully saturated rings. The number of nitrogens with zero attached hydrogens (tertiary/aromatic N) is 2. The fourth-order valence-electron chi connectivity index (χ4n) is 3.12. The molecule has 0 aliphatic rings. The van der Waals surface area contributed by atoms with Gasteiger partial charge in [-0.05, 0) is 73.2 Å². The Kier molecular flexibility index (Phi) is 7.80. The Morgan fingerprint density at radius 1 is 0.743 bits per heavy atom. The number of carbonyl (C=O) groups is 2. The van der Waals surface area contributed by atoms with E-state index < -0.39 is 24.0 Å². The molecular weight excluding hydrogens is 491 g/mol. The van der Waals surface area contributed by atoms with Crippen molar-refractivity contribution in [3.05, 3.63) is 82.3 Å². The number of hydrogen-bond donors (Lipinski definition) is 6. The van der Waals surface area contributed by atoms with E-state index in [0.29, 0.717) is 27.0 Å². The summed E-state index contributed by atoms with van der Waals surface area (Å²) in [5, 5.41) is 22.2. The van der Waals surface area contributed by atoms with Crippen molar-refractivity contribution in [2.45, 2.75) is 6.92 Å². The Bertz CT molecular complexity index is 1280. The Morgan fingerprint density at radius 2 is 1.17 bits per heavy atom. The van der Waals surface area contributed by atoms with Gasteiger partial charge in [0.15, 0.2) is 0 Å². The van der Waals surface area contributed by atoms with Crippen LogP contribution < -0.4 is 31.9 Å². The van der Waals surface area contributed by atoms with E-state index in [1.165, 1.54) is 6.07 Å². The standard InChI is InChI=1S/C23H22Cl2N8O2/c1-13-2-11-18(32(20(26)27)22(34)30-16-7-3-14(24)4-8-16)12-19(13)33(21(28)29)23(35)31-17-9-5-15(25)6-10-17/h2-12H,1H3,(H3,26,27)(H3,28,29)(H,30,34)(H,31,35). The van der Waals surface area contributed by atoms with Crippen LogP contribution in [0.5, 0.6) is 0 Å². The minimum absolute atomic E-state index is 0.176. The van der Waals surface area contributed by atoms with Gasteiger partial charge in [-0.3, -0.25) is 10.8 Å². The number of aryl methyl sites for hydroxylation is 1. The summed E-state index contributed by atoms with van der Waals surface area (Å²) in [5.41, 5.74) is 13.3. The van der Waals surface area contributed by atoms with Crippen LogP contribution in [0.15, 0.2) is 66.7 Å². The molecule has 3 rings (SSSR count). The van der Waals surface area contributed by atoms with Crippen molar-refractivity contribution in [1.29, 1.82) is 10.8 Å². The predicted octanol–water partition coefficient (Wildman–Crippen LogP) is 5.17. The van der Waals surface area contributed by atoms with E-state index in [1.807, 2.05) is 0 Å². The highest BCUT2D eigenvalue weighted by Gasteiger charge is 2.25. The second-order valence-corrected chi connectivity index (χ2v) is 8.16. The summed E-state index contributed by atoms with van der Waals surface area (Å²) in [6.45, 7) is 1.70. The molecular formula is C23H22Cl2N8O2. The number of benzene rings is 3. The molecule has 0 atom stereocenters. The van der Waals surface area contributed by atoms with Crippen molar-refractivity contribution in [1.82, 2.24) is 0 Å². The number of guanidine groups is 2. The van der Waals surface area contributed by atoms with Crippen LogP contribution in [0.3, 0.4) is 0 Å². The van der Waals surface area contributed by atoms with Gasteiger partial charge in [-0.2, -0.15) is 0 Å². The molecule has 0 bridgehead atoms. The minimum atomic E-state index is -0.713. The third-order valence-corrected chi connectivity index (χ3v) is 5.27. The van der Waals surface area contributed by atoms with Gasteiger partial charge in [-0.1, -0.05) is 29.3 Å². The molecule has 0 radical (unpaired) electrons. The third-order valence-electron chi connectivity index (χ3n) is 4.77. The molecule has 0 aliphatic carbocycles. The first-order valence-electron chi connectivity index (χ1n) is 10.1. The number of rotatable bonds is 4. The molecule has 8 N–H and O–H groups in total. The van der Waals surface area contributed by atoms with Crippen LogP contribution in [0.1, 0.15) is 5.56 Å². The molecule has 10 nitrogen and oxygen atoms in total. The quantitative estimate of drug-likeness (QED) is 0.210. The van der Waals surface area contributed by atoms with Crippen LogP contribution in [0.25, 0.3) is 0 Å². The van der Waals surface area contributed by atoms with Gasteiger partial charge >= 0.3 is 12.1 Å². The lowest BCUT2D eigenvalue weighted by Gasteiger charge is -2.26. The molecule has 0 spiro atoms. The number of halogens is 2. The molecule has 35 heavy (non-hydrogen) atoms. The van der Waals surface area contributed by atoms with Crippen LogP contribution in [0, 0.1) is 17.7 Å². The fourth-order valence-corrected chi connectivity index (χ4v) is 3.37. The maximum Gasteiger partial charge on any atom is 0.333 e. The van der Waals surface area contributed by atoms with Crippen LogP contribution >= 0.6 is 23.2 Å². The summed E-state index contributed by atoms with van der Waals surface area (Å²) < 4.78 is 0. The van der Waals surface area contributed by atoms with E-state index in [-0.39, 0.29) is 11.4 Å². The molecule has 3 aromatic rings. The summed E-state index contributed by atoms with van der Waals surface area (Å²) in [7, 11) is 0. The lowest BCUT2D eigenvalue weighted by Crippen LogP contribution is -2.45. The van der Waals surface area contributed by atoms with Gasteiger partial charge in [0.05, 0.1) is 11.4 Å². The van der Waals surface area contributed by atoms with Gasteiger partial charge in [-0.25, -0.2) is 19.4 Å². The zero-order valence-electron chi connectivity index (χ0n) is 18.5. The lowest BCUT2D eigenvalue weighted by atomic mass is 10.1. The number of urea groups is 2. The second kappa shape index (κ2) is 10.8. The van der Waals surface area contributed by atoms with E-state index in [2.05, 4.69) is 10.6 Å². The average molecular weight is 513 g/mol. The SMILES string of the molecule is Cc1ccc(N(C(=N)N)C(=O)Nc2ccc(Cl)cc2)cc1N(C(=N)N)C(=O)Nc1ccc(Cl)cc1. The summed E-state index contributed by atoms with van der Waals surface area (Å²) in [5.74, 6) is -1.12. The molecule has 0 saturated carbocycles. The highest BCUT2D eigenvalue weighted by atomic mass is 35.5. The lowest BCUT2D eigenvalue weighted by molar-refractivity contribution is 0.258. The van der Waals surface area contributed by atoms with Crippen molar-refractivity contribution in [3.8, 4) is 0 Å². The van der Waals surface area contributed by atoms with Gasteiger partial charge in [0.2, 0.25) is 11.9 Å². The van der Waals surface area contributed by atoms with Crippen LogP contribution in [0.2, 0.25) is 10.0 Å². The first kappa shape index (κ1) is 25.3. The molecule has 4 amide bonds. The molecule has 3 aromatic carbocycles. The van der Waals surface area contributed by atoms with Crippen LogP contribution in [-0.2, 0) is 0 Å². The molecule has 0 saturated heterocycles. The zero-order valence-corrected chi connectivity index (χ0v) is 20.0. The van der Waals surface area contributed by atoms with Crippen molar-refractivity contribution >= 4 is 69.9 Å². The summed E-state index contributed by atoms with van der Waals surface area (Å²) in [6.07, 6.45) is 0. The third kappa shape index (κ3) is 6.19. The summed E-state index contributed by atoms with van der Waals surface area (Å²) >= 11 is 11.8. The fraction of sp³-hybridized carbons (Fsp3) is 0.0435. The second-order valence-electron chi connectivity index (χ2n) is 7.29. The van der Waals surface area contributed by atoms with E-state index >= 15 is 0 Å². The molecule has 0 heterocycles. The van der Waals surface area contributed by atoms with Crippen molar-refractivity contribution < 1.29 is 9.59 Å². The maximum atomic E-state index is 13.0. The maximum absolute atomic E-state index is 13.0. The Morgan fingerprint density at radius 3 is 1.60 bits per heavy atom. The van der Waals surface area contributed by atoms with Crippen LogP contribution in [-0.4, -0.2) is 24.0 Å². The van der Waals surface area contributed by atoms with E-state index in [4.69, 9.17) is 45.5 Å². The number of anilines is 4. The van der Waals surface area contributed by atoms with E-state index in [1.54, 1.807) is 67.6 Å². The monoisotopic (exact) mass is 512 g/mol. The molecule has 0 aliphatic heterocycles. The number of amides is 4. The van der Waals surface area contributed by atoms with Crippen molar-refractivity contribution in [3.63, 3.8) is 0 Å². The molecule has 0 aromatic heterocycles. The zero-order chi connectivity index (χ0) is 25.7. The van der Waals surface area contributed by atoms with Crippen molar-refractivity contribution in [2.75, 3.05) is 20.4 Å². The van der Waals surface area contributed by atoms with E-state index in [9.17, 15) is 9.59 Å². The number of carbonyl (C=O) groups excluding carboxylic acids is 2. The van der Waals surface area contributed by atoms with Crippen LogP contribution in [0.4, 0.5) is 32.3 Å². The summed E-state index contributed by atoms with van der Waals surface area (Å²) in [4.78, 5) is 27.8. The Balaban J connectivity index is 1.93.